The van der Waals surface area contributed by atoms with Crippen LogP contribution in [0.25, 0.3) is 11.0 Å². The Morgan fingerprint density at radius 2 is 1.96 bits per heavy atom. The van der Waals surface area contributed by atoms with E-state index in [1.807, 2.05) is 13.0 Å². The van der Waals surface area contributed by atoms with E-state index in [9.17, 15) is 9.59 Å². The van der Waals surface area contributed by atoms with Crippen LogP contribution in [0.3, 0.4) is 0 Å². The van der Waals surface area contributed by atoms with Crippen molar-refractivity contribution in [1.29, 1.82) is 0 Å². The molecule has 0 saturated heterocycles. The number of carbonyl (C=O) groups excluding carboxylic acids is 2. The molecular formula is C18H19N5O3. The average Bonchev–Trinajstić information content (AvgIpc) is 3.03. The summed E-state index contributed by atoms with van der Waals surface area (Å²) < 4.78 is 6.97. The summed E-state index contributed by atoms with van der Waals surface area (Å²) >= 11 is 0. The van der Waals surface area contributed by atoms with E-state index in [2.05, 4.69) is 20.9 Å². The number of benzene rings is 2. The highest BCUT2D eigenvalue weighted by molar-refractivity contribution is 6.06. The fourth-order valence-corrected chi connectivity index (χ4v) is 2.62. The molecule has 0 fully saturated rings. The van der Waals surface area contributed by atoms with Crippen LogP contribution in [0.5, 0.6) is 5.75 Å². The lowest BCUT2D eigenvalue weighted by molar-refractivity contribution is -0.114. The Bertz CT molecular complexity index is 980. The van der Waals surface area contributed by atoms with Gasteiger partial charge >= 0.3 is 0 Å². The van der Waals surface area contributed by atoms with E-state index < -0.39 is 0 Å². The third-order valence-corrected chi connectivity index (χ3v) is 3.84. The molecule has 0 saturated carbocycles. The summed E-state index contributed by atoms with van der Waals surface area (Å²) in [5.74, 6) is 0.00364. The van der Waals surface area contributed by atoms with E-state index in [1.54, 1.807) is 35.0 Å². The van der Waals surface area contributed by atoms with Gasteiger partial charge in [-0.25, -0.2) is 4.68 Å². The molecule has 1 aromatic heterocycles. The number of fused-ring (bicyclic) bond motifs is 1. The molecule has 1 heterocycles. The van der Waals surface area contributed by atoms with Crippen molar-refractivity contribution in [2.75, 3.05) is 17.7 Å². The SMILES string of the molecule is CCn1nnc2cc(C(=O)Nc3ccc(OC)c(NC(C)=O)c3)ccc21. The minimum Gasteiger partial charge on any atom is -0.495 e. The Morgan fingerprint density at radius 1 is 1.15 bits per heavy atom. The summed E-state index contributed by atoms with van der Waals surface area (Å²) in [5, 5.41) is 13.6. The van der Waals surface area contributed by atoms with Crippen molar-refractivity contribution in [3.63, 3.8) is 0 Å². The van der Waals surface area contributed by atoms with Gasteiger partial charge in [-0.2, -0.15) is 0 Å². The minimum absolute atomic E-state index is 0.226. The first-order valence-electron chi connectivity index (χ1n) is 8.12. The highest BCUT2D eigenvalue weighted by atomic mass is 16.5. The lowest BCUT2D eigenvalue weighted by atomic mass is 10.1. The van der Waals surface area contributed by atoms with E-state index in [-0.39, 0.29) is 11.8 Å². The molecule has 8 heteroatoms. The van der Waals surface area contributed by atoms with Crippen LogP contribution in [0.2, 0.25) is 0 Å². The maximum atomic E-state index is 12.5. The number of carbonyl (C=O) groups is 2. The standard InChI is InChI=1S/C18H19N5O3/c1-4-23-16-7-5-12(9-14(16)21-22-23)18(25)20-13-6-8-17(26-3)15(10-13)19-11(2)24/h5-10H,4H2,1-3H3,(H,19,24)(H,20,25). The van der Waals surface area contributed by atoms with Crippen LogP contribution < -0.4 is 15.4 Å². The first-order valence-corrected chi connectivity index (χ1v) is 8.12. The number of anilines is 2. The van der Waals surface area contributed by atoms with Crippen molar-refractivity contribution in [2.45, 2.75) is 20.4 Å². The topological polar surface area (TPSA) is 98.1 Å². The smallest absolute Gasteiger partial charge is 0.255 e. The molecule has 0 aliphatic rings. The van der Waals surface area contributed by atoms with Gasteiger partial charge in [-0.05, 0) is 43.3 Å². The van der Waals surface area contributed by atoms with E-state index >= 15 is 0 Å². The molecule has 3 rings (SSSR count). The van der Waals surface area contributed by atoms with Crippen molar-refractivity contribution in [2.24, 2.45) is 0 Å². The summed E-state index contributed by atoms with van der Waals surface area (Å²) in [4.78, 5) is 23.9. The van der Waals surface area contributed by atoms with Gasteiger partial charge in [-0.15, -0.1) is 5.10 Å². The molecule has 0 spiro atoms. The first-order chi connectivity index (χ1) is 12.5. The highest BCUT2D eigenvalue weighted by Crippen LogP contribution is 2.28. The van der Waals surface area contributed by atoms with E-state index in [0.29, 0.717) is 34.7 Å². The molecule has 2 amide bonds. The Balaban J connectivity index is 1.84. The number of aryl methyl sites for hydroxylation is 1. The Labute approximate surface area is 150 Å². The maximum absolute atomic E-state index is 12.5. The van der Waals surface area contributed by atoms with Crippen LogP contribution in [0, 0.1) is 0 Å². The predicted molar refractivity (Wildman–Crippen MR) is 98.5 cm³/mol. The predicted octanol–water partition coefficient (Wildman–Crippen LogP) is 2.67. The lowest BCUT2D eigenvalue weighted by Gasteiger charge is -2.12. The van der Waals surface area contributed by atoms with Gasteiger partial charge < -0.3 is 15.4 Å². The molecule has 3 aromatic rings. The molecule has 0 bridgehead atoms. The van der Waals surface area contributed by atoms with Gasteiger partial charge in [0.25, 0.3) is 5.91 Å². The number of aromatic nitrogens is 3. The minimum atomic E-state index is -0.281. The van der Waals surface area contributed by atoms with Crippen molar-refractivity contribution >= 4 is 34.2 Å². The van der Waals surface area contributed by atoms with Crippen molar-refractivity contribution < 1.29 is 14.3 Å². The van der Waals surface area contributed by atoms with E-state index in [4.69, 9.17) is 4.74 Å². The van der Waals surface area contributed by atoms with Crippen LogP contribution >= 0.6 is 0 Å². The Morgan fingerprint density at radius 3 is 2.65 bits per heavy atom. The second-order valence-corrected chi connectivity index (χ2v) is 5.66. The van der Waals surface area contributed by atoms with Crippen molar-refractivity contribution in [3.8, 4) is 5.75 Å². The van der Waals surface area contributed by atoms with Crippen LogP contribution in [-0.4, -0.2) is 33.9 Å². The molecule has 2 N–H and O–H groups in total. The third-order valence-electron chi connectivity index (χ3n) is 3.84. The fourth-order valence-electron chi connectivity index (χ4n) is 2.62. The fraction of sp³-hybridized carbons (Fsp3) is 0.222. The Kier molecular flexibility index (Phi) is 4.83. The number of methoxy groups -OCH3 is 1. The number of nitrogens with one attached hydrogen (secondary N) is 2. The molecule has 0 aliphatic heterocycles. The highest BCUT2D eigenvalue weighted by Gasteiger charge is 2.12. The largest absolute Gasteiger partial charge is 0.495 e. The molecule has 134 valence electrons. The molecule has 2 aromatic carbocycles. The van der Waals surface area contributed by atoms with Crippen LogP contribution in [0.1, 0.15) is 24.2 Å². The van der Waals surface area contributed by atoms with Gasteiger partial charge in [0.05, 0.1) is 18.3 Å². The summed E-state index contributed by atoms with van der Waals surface area (Å²) in [7, 11) is 1.51. The first kappa shape index (κ1) is 17.4. The molecule has 0 radical (unpaired) electrons. The van der Waals surface area contributed by atoms with Crippen LogP contribution in [0.4, 0.5) is 11.4 Å². The quantitative estimate of drug-likeness (QED) is 0.735. The molecule has 0 atom stereocenters. The Hall–Kier alpha value is -3.42. The van der Waals surface area contributed by atoms with Gasteiger partial charge in [-0.1, -0.05) is 5.21 Å². The normalized spacial score (nSPS) is 10.6. The zero-order valence-electron chi connectivity index (χ0n) is 14.7. The van der Waals surface area contributed by atoms with Crippen molar-refractivity contribution in [1.82, 2.24) is 15.0 Å². The maximum Gasteiger partial charge on any atom is 0.255 e. The zero-order chi connectivity index (χ0) is 18.7. The van der Waals surface area contributed by atoms with Crippen molar-refractivity contribution in [3.05, 3.63) is 42.0 Å². The second kappa shape index (κ2) is 7.22. The van der Waals surface area contributed by atoms with Gasteiger partial charge in [0, 0.05) is 24.7 Å². The number of hydrogen-bond acceptors (Lipinski definition) is 5. The second-order valence-electron chi connectivity index (χ2n) is 5.66. The zero-order valence-corrected chi connectivity index (χ0v) is 14.7. The number of ether oxygens (including phenoxy) is 1. The van der Waals surface area contributed by atoms with E-state index in [1.165, 1.54) is 14.0 Å². The number of nitrogens with zero attached hydrogens (tertiary/aromatic N) is 3. The van der Waals surface area contributed by atoms with Crippen LogP contribution in [-0.2, 0) is 11.3 Å². The molecule has 26 heavy (non-hydrogen) atoms. The third kappa shape index (κ3) is 3.49. The molecule has 8 nitrogen and oxygen atoms in total. The summed E-state index contributed by atoms with van der Waals surface area (Å²) in [6, 6.07) is 10.3. The average molecular weight is 353 g/mol. The van der Waals surface area contributed by atoms with Gasteiger partial charge in [0.1, 0.15) is 11.3 Å². The summed E-state index contributed by atoms with van der Waals surface area (Å²) in [5.41, 5.74) is 3.03. The monoisotopic (exact) mass is 353 g/mol. The van der Waals surface area contributed by atoms with Gasteiger partial charge in [0.2, 0.25) is 5.91 Å². The summed E-state index contributed by atoms with van der Waals surface area (Å²) in [6.45, 7) is 4.09. The molecule has 0 unspecified atom stereocenters. The number of amides is 2. The van der Waals surface area contributed by atoms with E-state index in [0.717, 1.165) is 5.52 Å². The number of hydrogen-bond donors (Lipinski definition) is 2. The molecule has 0 aliphatic carbocycles. The van der Waals surface area contributed by atoms with Crippen LogP contribution in [0.15, 0.2) is 36.4 Å². The van der Waals surface area contributed by atoms with Gasteiger partial charge in [-0.3, -0.25) is 9.59 Å². The van der Waals surface area contributed by atoms with Gasteiger partial charge in [0.15, 0.2) is 0 Å². The summed E-state index contributed by atoms with van der Waals surface area (Å²) in [6.07, 6.45) is 0. The molecular weight excluding hydrogens is 334 g/mol. The lowest BCUT2D eigenvalue weighted by Crippen LogP contribution is -2.13. The number of rotatable bonds is 5.